The highest BCUT2D eigenvalue weighted by Gasteiger charge is 2.78. The smallest absolute Gasteiger partial charge is 0.331 e. The molecule has 0 aliphatic rings. The maximum atomic E-state index is 6.90. The van der Waals surface area contributed by atoms with E-state index in [0.29, 0.717) is 65.4 Å². The fraction of sp³-hybridized carbons (Fsp3) is 1.00. The molecule has 9 nitrogen and oxygen atoms in total. The SMILES string of the molecule is CCCSS[S+](SC(S[S+](SSCCC)[Si](OCC)(OCC)OCC)(S[S+](SSCCC)[Si](OCC)(OCC)OCC)C(CC)CCCC(C)C)[Si](OCC)(OCC)OCC. The predicted octanol–water partition coefficient (Wildman–Crippen LogP) is 15.0. The van der Waals surface area contributed by atoms with Gasteiger partial charge < -0.3 is 39.8 Å². The van der Waals surface area contributed by atoms with Crippen molar-refractivity contribution in [2.45, 2.75) is 152 Å². The molecule has 4 unspecified atom stereocenters. The van der Waals surface area contributed by atoms with Crippen molar-refractivity contribution in [3.63, 3.8) is 0 Å². The van der Waals surface area contributed by atoms with E-state index in [1.165, 1.54) is 6.42 Å². The summed E-state index contributed by atoms with van der Waals surface area (Å²) in [5.41, 5.74) is 0. The zero-order valence-electron chi connectivity index (χ0n) is 40.2. The van der Waals surface area contributed by atoms with Crippen LogP contribution in [0, 0.1) is 11.8 Å². The van der Waals surface area contributed by atoms with Crippen LogP contribution in [0.3, 0.4) is 0 Å². The molecule has 0 spiro atoms. The summed E-state index contributed by atoms with van der Waals surface area (Å²) in [6.45, 7) is 37.1. The van der Waals surface area contributed by atoms with Gasteiger partial charge in [-0.1, -0.05) is 54.4 Å². The van der Waals surface area contributed by atoms with Crippen molar-refractivity contribution in [1.29, 1.82) is 0 Å². The van der Waals surface area contributed by atoms with Crippen molar-refractivity contribution in [3.8, 4) is 0 Å². The topological polar surface area (TPSA) is 83.1 Å². The van der Waals surface area contributed by atoms with E-state index in [2.05, 4.69) is 104 Å². The molecule has 0 N–H and O–H groups in total. The van der Waals surface area contributed by atoms with Crippen LogP contribution < -0.4 is 0 Å². The average Bonchev–Trinajstić information content (AvgIpc) is 3.22. The molecule has 4 atom stereocenters. The van der Waals surface area contributed by atoms with Crippen LogP contribution in [-0.2, 0) is 65.1 Å². The maximum absolute atomic E-state index is 6.90. The summed E-state index contributed by atoms with van der Waals surface area (Å²) in [7, 11) is 6.00. The van der Waals surface area contributed by atoms with E-state index in [1.54, 1.807) is 0 Å². The van der Waals surface area contributed by atoms with E-state index in [0.717, 1.165) is 55.8 Å². The van der Waals surface area contributed by atoms with Gasteiger partial charge in [0.15, 0.2) is 54.7 Å². The molecule has 0 aliphatic carbocycles. The molecule has 0 heterocycles. The molecule has 0 aromatic carbocycles. The second kappa shape index (κ2) is 40.1. The summed E-state index contributed by atoms with van der Waals surface area (Å²) < 4.78 is 61.6. The Morgan fingerprint density at radius 3 is 0.869 bits per heavy atom. The summed E-state index contributed by atoms with van der Waals surface area (Å²) in [4.78, 5) is 0. The lowest BCUT2D eigenvalue weighted by molar-refractivity contribution is 0.0958. The minimum Gasteiger partial charge on any atom is -0.331 e. The highest BCUT2D eigenvalue weighted by molar-refractivity contribution is 9.36. The van der Waals surface area contributed by atoms with E-state index in [1.807, 2.05) is 94.2 Å². The standard InChI is InChI=1S/C37H85O9S12Si3/c1-16-32-47-53-56(59(38-20-5,39-21-6)40-22-7)50-37(36(19-4)31-29-30-35(14)15,51-57(54-48-33-17-2)60(41-23-8,42-24-9)43-25-10)52-58(55-49-34-18-3)61(44-26-11,45-27-12)46-28-13/h35-36H,16-34H2,1-15H3/q+3. The van der Waals surface area contributed by atoms with Crippen LogP contribution in [0.5, 0.6) is 0 Å². The first kappa shape index (κ1) is 65.5. The van der Waals surface area contributed by atoms with Gasteiger partial charge in [-0.15, -0.1) is 0 Å². The van der Waals surface area contributed by atoms with Gasteiger partial charge in [0.05, 0.1) is 0 Å². The largest absolute Gasteiger partial charge is 0.808 e. The molecule has 61 heavy (non-hydrogen) atoms. The van der Waals surface area contributed by atoms with Gasteiger partial charge in [0.1, 0.15) is 32.4 Å². The van der Waals surface area contributed by atoms with E-state index < -0.39 is 52.5 Å². The molecule has 0 aliphatic heterocycles. The molecular weight excluding hydrogens is 1060 g/mol. The predicted molar refractivity (Wildman–Crippen MR) is 303 cm³/mol. The van der Waals surface area contributed by atoms with Crippen molar-refractivity contribution < 1.29 is 39.8 Å². The Balaban J connectivity index is 8.96. The number of hydrogen-bond acceptors (Lipinski definition) is 18. The average molecular weight is 1140 g/mol. The fourth-order valence-corrected chi connectivity index (χ4v) is 80.1. The summed E-state index contributed by atoms with van der Waals surface area (Å²) >= 11 is 0. The Bertz CT molecular complexity index is 879. The molecule has 0 saturated heterocycles. The summed E-state index contributed by atoms with van der Waals surface area (Å²) in [6.07, 6.45) is 7.57. The zero-order chi connectivity index (χ0) is 46.0. The van der Waals surface area contributed by atoms with Crippen LogP contribution in [0.15, 0.2) is 0 Å². The van der Waals surface area contributed by atoms with E-state index in [-0.39, 0.29) is 5.92 Å². The lowest BCUT2D eigenvalue weighted by Crippen LogP contribution is -2.55. The van der Waals surface area contributed by atoms with Gasteiger partial charge in [0, 0.05) is 82.6 Å². The Labute approximate surface area is 419 Å². The Kier molecular flexibility index (Phi) is 43.1. The number of hydrogen-bond donors (Lipinski definition) is 0. The van der Waals surface area contributed by atoms with Gasteiger partial charge in [0.25, 0.3) is 3.41 Å². The molecule has 0 saturated carbocycles. The molecule has 368 valence electrons. The second-order valence-electron chi connectivity index (χ2n) is 13.1. The van der Waals surface area contributed by atoms with Crippen LogP contribution in [0.4, 0.5) is 0 Å². The van der Waals surface area contributed by atoms with E-state index >= 15 is 0 Å². The lowest BCUT2D eigenvalue weighted by atomic mass is 9.97. The van der Waals surface area contributed by atoms with Gasteiger partial charge in [0.2, 0.25) is 0 Å². The normalized spacial score (nSPS) is 15.9. The van der Waals surface area contributed by atoms with Crippen LogP contribution in [0.2, 0.25) is 0 Å². The first-order chi connectivity index (χ1) is 29.4. The minimum atomic E-state index is -3.32. The van der Waals surface area contributed by atoms with Gasteiger partial charge in [-0.2, -0.15) is 0 Å². The van der Waals surface area contributed by atoms with E-state index in [9.17, 15) is 0 Å². The molecule has 24 heteroatoms. The maximum Gasteiger partial charge on any atom is 0.808 e. The fourth-order valence-electron chi connectivity index (χ4n) is 5.17. The first-order valence-corrected chi connectivity index (χ1v) is 45.9. The van der Waals surface area contributed by atoms with E-state index in [4.69, 9.17) is 39.8 Å². The van der Waals surface area contributed by atoms with Gasteiger partial charge in [-0.25, -0.2) is 0 Å². The molecule has 0 rings (SSSR count). The summed E-state index contributed by atoms with van der Waals surface area (Å²) in [5.74, 6) is 3.93. The molecule has 0 amide bonds. The third-order valence-electron chi connectivity index (χ3n) is 7.60. The van der Waals surface area contributed by atoms with Gasteiger partial charge in [-0.05, 0) is 133 Å². The summed E-state index contributed by atoms with van der Waals surface area (Å²) in [6, 6.07) is 0. The second-order valence-corrected chi connectivity index (χ2v) is 55.5. The highest BCUT2D eigenvalue weighted by Crippen LogP contribution is 2.70. The third-order valence-corrected chi connectivity index (χ3v) is 67.7. The summed E-state index contributed by atoms with van der Waals surface area (Å²) in [5, 5.41) is 0. The van der Waals surface area contributed by atoms with Crippen LogP contribution in [0.25, 0.3) is 0 Å². The minimum absolute atomic E-state index is 0.251. The van der Waals surface area contributed by atoms with Crippen molar-refractivity contribution >= 4 is 143 Å². The highest BCUT2D eigenvalue weighted by atomic mass is 33.8. The molecule has 0 aromatic rings. The van der Waals surface area contributed by atoms with Crippen molar-refractivity contribution in [2.75, 3.05) is 76.7 Å². The number of rotatable bonds is 45. The first-order valence-electron chi connectivity index (χ1n) is 22.4. The van der Waals surface area contributed by atoms with Crippen molar-refractivity contribution in [2.24, 2.45) is 11.8 Å². The molecule has 0 aromatic heterocycles. The monoisotopic (exact) mass is 1140 g/mol. The Morgan fingerprint density at radius 1 is 0.410 bits per heavy atom. The molecule has 0 radical (unpaired) electrons. The Morgan fingerprint density at radius 2 is 0.672 bits per heavy atom. The van der Waals surface area contributed by atoms with Crippen LogP contribution in [0.1, 0.15) is 149 Å². The lowest BCUT2D eigenvalue weighted by Gasteiger charge is -2.36. The van der Waals surface area contributed by atoms with Crippen molar-refractivity contribution in [3.05, 3.63) is 0 Å². The van der Waals surface area contributed by atoms with Gasteiger partial charge in [-0.3, -0.25) is 0 Å². The van der Waals surface area contributed by atoms with Crippen LogP contribution >= 0.6 is 94.2 Å². The van der Waals surface area contributed by atoms with Gasteiger partial charge >= 0.3 is 23.9 Å². The molecule has 0 fully saturated rings. The Hall–Kier alpha value is 4.49. The van der Waals surface area contributed by atoms with Crippen LogP contribution in [-0.4, -0.2) is 104 Å². The third kappa shape index (κ3) is 24.0. The quantitative estimate of drug-likeness (QED) is 0.0191. The zero-order valence-corrected chi connectivity index (χ0v) is 53.0. The molecular formula is C37H85O9S12Si3+3. The molecule has 0 bridgehead atoms. The van der Waals surface area contributed by atoms with Crippen molar-refractivity contribution in [1.82, 2.24) is 0 Å².